The molecule has 2 bridgehead atoms. The van der Waals surface area contributed by atoms with Crippen molar-refractivity contribution in [2.24, 2.45) is 16.7 Å². The average molecular weight is 168 g/mol. The summed E-state index contributed by atoms with van der Waals surface area (Å²) in [5, 5.41) is 0. The fourth-order valence-electron chi connectivity index (χ4n) is 3.45. The third-order valence-corrected chi connectivity index (χ3v) is 4.89. The lowest BCUT2D eigenvalue weighted by molar-refractivity contribution is 0.0428. The molecule has 0 N–H and O–H groups in total. The van der Waals surface area contributed by atoms with E-state index in [-0.39, 0.29) is 0 Å². The van der Waals surface area contributed by atoms with E-state index in [1.54, 1.807) is 0 Å². The molecule has 3 atom stereocenters. The summed E-state index contributed by atoms with van der Waals surface area (Å²) in [4.78, 5) is 0. The maximum absolute atomic E-state index is 5.55. The summed E-state index contributed by atoms with van der Waals surface area (Å²) in [5.41, 5.74) is 1.06. The van der Waals surface area contributed by atoms with Crippen LogP contribution >= 0.6 is 0 Å². The van der Waals surface area contributed by atoms with Gasteiger partial charge in [-0.3, -0.25) is 0 Å². The van der Waals surface area contributed by atoms with Crippen molar-refractivity contribution in [2.75, 3.05) is 7.11 Å². The van der Waals surface area contributed by atoms with Crippen LogP contribution in [0, 0.1) is 16.7 Å². The van der Waals surface area contributed by atoms with Gasteiger partial charge in [-0.15, -0.1) is 0 Å². The van der Waals surface area contributed by atoms with Gasteiger partial charge < -0.3 is 4.74 Å². The van der Waals surface area contributed by atoms with Gasteiger partial charge >= 0.3 is 0 Å². The first-order chi connectivity index (χ1) is 5.51. The van der Waals surface area contributed by atoms with Crippen LogP contribution in [0.4, 0.5) is 0 Å². The van der Waals surface area contributed by atoms with Crippen LogP contribution in [0.5, 0.6) is 0 Å². The van der Waals surface area contributed by atoms with Crippen LogP contribution in [-0.4, -0.2) is 13.2 Å². The van der Waals surface area contributed by atoms with Crippen molar-refractivity contribution in [2.45, 2.75) is 46.1 Å². The zero-order valence-corrected chi connectivity index (χ0v) is 8.68. The van der Waals surface area contributed by atoms with Crippen LogP contribution < -0.4 is 0 Å². The highest BCUT2D eigenvalue weighted by atomic mass is 16.5. The van der Waals surface area contributed by atoms with E-state index in [0.29, 0.717) is 16.9 Å². The lowest BCUT2D eigenvalue weighted by Crippen LogP contribution is -2.26. The number of hydrogen-bond acceptors (Lipinski definition) is 1. The quantitative estimate of drug-likeness (QED) is 0.585. The van der Waals surface area contributed by atoms with Gasteiger partial charge in [0.2, 0.25) is 0 Å². The van der Waals surface area contributed by atoms with Crippen molar-refractivity contribution < 1.29 is 4.74 Å². The molecule has 0 heterocycles. The lowest BCUT2D eigenvalue weighted by atomic mass is 9.71. The molecule has 0 aliphatic heterocycles. The van der Waals surface area contributed by atoms with Crippen molar-refractivity contribution in [3.8, 4) is 0 Å². The highest BCUT2D eigenvalue weighted by molar-refractivity contribution is 5.10. The molecule has 0 aromatic heterocycles. The van der Waals surface area contributed by atoms with Crippen LogP contribution in [-0.2, 0) is 4.74 Å². The Hall–Kier alpha value is -0.0400. The van der Waals surface area contributed by atoms with Crippen LogP contribution in [0.15, 0.2) is 0 Å². The van der Waals surface area contributed by atoms with Gasteiger partial charge in [-0.25, -0.2) is 0 Å². The van der Waals surface area contributed by atoms with Crippen molar-refractivity contribution in [1.29, 1.82) is 0 Å². The van der Waals surface area contributed by atoms with Crippen molar-refractivity contribution in [1.82, 2.24) is 0 Å². The Balaban J connectivity index is 2.30. The Kier molecular flexibility index (Phi) is 1.61. The van der Waals surface area contributed by atoms with E-state index in [4.69, 9.17) is 4.74 Å². The third-order valence-electron chi connectivity index (χ3n) is 4.89. The molecule has 2 aliphatic rings. The number of methoxy groups -OCH3 is 1. The van der Waals surface area contributed by atoms with Crippen molar-refractivity contribution in [3.63, 3.8) is 0 Å². The molecule has 2 rings (SSSR count). The Bertz CT molecular complexity index is 194. The van der Waals surface area contributed by atoms with Gasteiger partial charge in [0.25, 0.3) is 0 Å². The fourth-order valence-corrected chi connectivity index (χ4v) is 3.45. The van der Waals surface area contributed by atoms with Gasteiger partial charge in [-0.1, -0.05) is 20.8 Å². The Labute approximate surface area is 75.5 Å². The van der Waals surface area contributed by atoms with Crippen molar-refractivity contribution >= 4 is 0 Å². The van der Waals surface area contributed by atoms with E-state index < -0.39 is 0 Å². The fraction of sp³-hybridized carbons (Fsp3) is 1.00. The number of fused-ring (bicyclic) bond motifs is 2. The van der Waals surface area contributed by atoms with Gasteiger partial charge in [0.1, 0.15) is 0 Å². The standard InChI is InChI=1S/C11H20O/c1-10(2)8-5-6-11(10,3)7-9(8)12-4/h8-9H,5-7H2,1-4H3/t8?,9-,11?/m0/s1. The normalized spacial score (nSPS) is 50.0. The minimum Gasteiger partial charge on any atom is -0.381 e. The molecule has 1 nitrogen and oxygen atoms in total. The molecule has 0 saturated heterocycles. The SMILES string of the molecule is CO[C@H]1CC2(C)CCC1C2(C)C. The van der Waals surface area contributed by atoms with Gasteiger partial charge in [0.05, 0.1) is 6.10 Å². The van der Waals surface area contributed by atoms with Gasteiger partial charge in [0.15, 0.2) is 0 Å². The lowest BCUT2D eigenvalue weighted by Gasteiger charge is -2.33. The summed E-state index contributed by atoms with van der Waals surface area (Å²) < 4.78 is 5.55. The number of rotatable bonds is 1. The van der Waals surface area contributed by atoms with E-state index in [1.165, 1.54) is 19.3 Å². The van der Waals surface area contributed by atoms with E-state index >= 15 is 0 Å². The van der Waals surface area contributed by atoms with Crippen LogP contribution in [0.2, 0.25) is 0 Å². The van der Waals surface area contributed by atoms with E-state index in [1.807, 2.05) is 7.11 Å². The highest BCUT2D eigenvalue weighted by Gasteiger charge is 2.60. The Morgan fingerprint density at radius 2 is 1.92 bits per heavy atom. The smallest absolute Gasteiger partial charge is 0.0610 e. The molecule has 0 aromatic carbocycles. The first-order valence-electron chi connectivity index (χ1n) is 5.04. The summed E-state index contributed by atoms with van der Waals surface area (Å²) in [6.45, 7) is 7.28. The highest BCUT2D eigenvalue weighted by Crippen LogP contribution is 2.65. The van der Waals surface area contributed by atoms with Gasteiger partial charge in [-0.2, -0.15) is 0 Å². The predicted molar refractivity (Wildman–Crippen MR) is 50.0 cm³/mol. The molecule has 2 fully saturated rings. The van der Waals surface area contributed by atoms with Crippen LogP contribution in [0.25, 0.3) is 0 Å². The zero-order valence-electron chi connectivity index (χ0n) is 8.68. The minimum absolute atomic E-state index is 0.508. The topological polar surface area (TPSA) is 9.23 Å². The predicted octanol–water partition coefficient (Wildman–Crippen LogP) is 2.85. The molecule has 2 saturated carbocycles. The summed E-state index contributed by atoms with van der Waals surface area (Å²) >= 11 is 0. The van der Waals surface area contributed by atoms with E-state index in [0.717, 1.165) is 5.92 Å². The number of ether oxygens (including phenoxy) is 1. The summed E-state index contributed by atoms with van der Waals surface area (Å²) in [7, 11) is 1.87. The van der Waals surface area contributed by atoms with E-state index in [2.05, 4.69) is 20.8 Å². The Morgan fingerprint density at radius 3 is 2.17 bits per heavy atom. The molecule has 2 aliphatic carbocycles. The zero-order chi connectivity index (χ0) is 8.98. The largest absolute Gasteiger partial charge is 0.381 e. The van der Waals surface area contributed by atoms with Gasteiger partial charge in [-0.05, 0) is 36.0 Å². The first-order valence-corrected chi connectivity index (χ1v) is 5.04. The second-order valence-corrected chi connectivity index (χ2v) is 5.41. The van der Waals surface area contributed by atoms with E-state index in [9.17, 15) is 0 Å². The summed E-state index contributed by atoms with van der Waals surface area (Å²) in [6, 6.07) is 0. The summed E-state index contributed by atoms with van der Waals surface area (Å²) in [5.74, 6) is 0.812. The molecule has 0 amide bonds. The molecule has 12 heavy (non-hydrogen) atoms. The van der Waals surface area contributed by atoms with Crippen LogP contribution in [0.1, 0.15) is 40.0 Å². The molecule has 0 spiro atoms. The molecule has 1 heteroatoms. The monoisotopic (exact) mass is 168 g/mol. The Morgan fingerprint density at radius 1 is 1.25 bits per heavy atom. The minimum atomic E-state index is 0.508. The average Bonchev–Trinajstić information content (AvgIpc) is 2.33. The van der Waals surface area contributed by atoms with Gasteiger partial charge in [0, 0.05) is 7.11 Å². The number of hydrogen-bond donors (Lipinski definition) is 0. The molecule has 70 valence electrons. The maximum atomic E-state index is 5.55. The molecule has 0 aromatic rings. The van der Waals surface area contributed by atoms with Crippen molar-refractivity contribution in [3.05, 3.63) is 0 Å². The second kappa shape index (κ2) is 2.25. The first kappa shape index (κ1) is 8.55. The molecule has 0 radical (unpaired) electrons. The molecular formula is C11H20O. The second-order valence-electron chi connectivity index (χ2n) is 5.41. The molecular weight excluding hydrogens is 148 g/mol. The van der Waals surface area contributed by atoms with Crippen LogP contribution in [0.3, 0.4) is 0 Å². The maximum Gasteiger partial charge on any atom is 0.0610 e. The third kappa shape index (κ3) is 0.783. The summed E-state index contributed by atoms with van der Waals surface area (Å²) in [6.07, 6.45) is 4.60. The molecule has 2 unspecified atom stereocenters.